The highest BCUT2D eigenvalue weighted by molar-refractivity contribution is 5.83. The molecule has 0 saturated heterocycles. The average Bonchev–Trinajstić information content (AvgIpc) is 3.02. The minimum Gasteiger partial charge on any atom is -0.206 e. The van der Waals surface area contributed by atoms with E-state index >= 15 is 0 Å². The van der Waals surface area contributed by atoms with Gasteiger partial charge in [0.2, 0.25) is 0 Å². The third kappa shape index (κ3) is 3.94. The lowest BCUT2D eigenvalue weighted by molar-refractivity contribution is -0.468. The predicted molar refractivity (Wildman–Crippen MR) is 95.7 cm³/mol. The van der Waals surface area contributed by atoms with Gasteiger partial charge in [0.15, 0.2) is 23.8 Å². The Morgan fingerprint density at radius 3 is 1.64 bits per heavy atom. The molecule has 0 amide bonds. The van der Waals surface area contributed by atoms with Gasteiger partial charge in [-0.3, -0.25) is 0 Å². The molecule has 2 aliphatic rings. The Bertz CT molecular complexity index is 496. The molecule has 22 heavy (non-hydrogen) atoms. The Kier molecular flexibility index (Phi) is 6.11. The summed E-state index contributed by atoms with van der Waals surface area (Å²) in [6, 6.07) is 0. The Morgan fingerprint density at radius 1 is 0.864 bits per heavy atom. The van der Waals surface area contributed by atoms with Crippen LogP contribution in [0.2, 0.25) is 0 Å². The van der Waals surface area contributed by atoms with Crippen LogP contribution in [0.15, 0.2) is 49.9 Å². The summed E-state index contributed by atoms with van der Waals surface area (Å²) in [6.07, 6.45) is 17.7. The molecule has 0 saturated carbocycles. The Morgan fingerprint density at radius 2 is 1.27 bits per heavy atom. The van der Waals surface area contributed by atoms with Gasteiger partial charge in [-0.2, -0.15) is 0 Å². The van der Waals surface area contributed by atoms with Crippen LogP contribution >= 0.6 is 0 Å². The maximum Gasteiger partial charge on any atom is 0.165 e. The fourth-order valence-electron chi connectivity index (χ4n) is 3.28. The maximum absolute atomic E-state index is 3.84. The van der Waals surface area contributed by atoms with Gasteiger partial charge in [0.1, 0.15) is 13.1 Å². The molecule has 0 bridgehead atoms. The van der Waals surface area contributed by atoms with Gasteiger partial charge in [-0.1, -0.05) is 12.2 Å². The summed E-state index contributed by atoms with van der Waals surface area (Å²) in [5, 5.41) is 0. The lowest BCUT2D eigenvalue weighted by atomic mass is 10.0. The zero-order valence-corrected chi connectivity index (χ0v) is 14.2. The van der Waals surface area contributed by atoms with Crippen molar-refractivity contribution in [1.82, 2.24) is 0 Å². The minimum atomic E-state index is 0.564. The van der Waals surface area contributed by atoms with Crippen LogP contribution in [-0.4, -0.2) is 33.7 Å². The van der Waals surface area contributed by atoms with E-state index in [1.165, 1.54) is 24.3 Å². The molecule has 0 aromatic rings. The zero-order valence-electron chi connectivity index (χ0n) is 14.2. The summed E-state index contributed by atoms with van der Waals surface area (Å²) in [5.74, 6) is 1.13. The molecule has 0 spiro atoms. The van der Waals surface area contributed by atoms with Crippen molar-refractivity contribution in [2.75, 3.05) is 13.1 Å². The van der Waals surface area contributed by atoms with Gasteiger partial charge in [0, 0.05) is 26.7 Å². The van der Waals surface area contributed by atoms with Gasteiger partial charge in [-0.05, 0) is 25.0 Å². The number of allylic oxidation sites excluding steroid dienone is 4. The topological polar surface area (TPSA) is 6.02 Å². The fourth-order valence-corrected chi connectivity index (χ4v) is 3.28. The van der Waals surface area contributed by atoms with Crippen LogP contribution in [0.4, 0.5) is 0 Å². The van der Waals surface area contributed by atoms with Gasteiger partial charge in [0.25, 0.3) is 0 Å². The quantitative estimate of drug-likeness (QED) is 0.343. The van der Waals surface area contributed by atoms with Crippen LogP contribution in [0.3, 0.4) is 0 Å². The van der Waals surface area contributed by atoms with Crippen molar-refractivity contribution >= 4 is 11.4 Å². The zero-order chi connectivity index (χ0) is 15.9. The summed E-state index contributed by atoms with van der Waals surface area (Å²) in [4.78, 5) is 0. The molecule has 0 aliphatic carbocycles. The molecule has 0 N–H and O–H groups in total. The highest BCUT2D eigenvalue weighted by atomic mass is 15.0. The predicted octanol–water partition coefficient (Wildman–Crippen LogP) is 4.15. The van der Waals surface area contributed by atoms with E-state index in [0.29, 0.717) is 11.8 Å². The third-order valence-electron chi connectivity index (χ3n) is 4.87. The first kappa shape index (κ1) is 16.7. The van der Waals surface area contributed by atoms with E-state index in [0.717, 1.165) is 25.9 Å². The maximum atomic E-state index is 3.84. The summed E-state index contributed by atoms with van der Waals surface area (Å²) < 4.78 is 4.82. The third-order valence-corrected chi connectivity index (χ3v) is 4.87. The molecule has 2 aliphatic heterocycles. The second-order valence-corrected chi connectivity index (χ2v) is 6.32. The molecular formula is C20H30N2+2. The molecule has 2 unspecified atom stereocenters. The molecule has 2 nitrogen and oxygen atoms in total. The number of nitrogens with zero attached hydrogens (tertiary/aromatic N) is 2. The van der Waals surface area contributed by atoms with Gasteiger partial charge >= 0.3 is 0 Å². The molecule has 2 atom stereocenters. The molecule has 2 heteroatoms. The first-order valence-corrected chi connectivity index (χ1v) is 8.46. The van der Waals surface area contributed by atoms with E-state index in [1.807, 2.05) is 12.2 Å². The lowest BCUT2D eigenvalue weighted by Gasteiger charge is -2.03. The SMILES string of the molecule is C=CCC1C=C[N+](CCCC[N+]2=C(C)C(CC=C)C=C2)=C1C. The number of hydrogen-bond donors (Lipinski definition) is 0. The number of hydrogen-bond acceptors (Lipinski definition) is 0. The van der Waals surface area contributed by atoms with E-state index < -0.39 is 0 Å². The van der Waals surface area contributed by atoms with Crippen LogP contribution in [-0.2, 0) is 0 Å². The van der Waals surface area contributed by atoms with Crippen molar-refractivity contribution in [3.8, 4) is 0 Å². The highest BCUT2D eigenvalue weighted by Crippen LogP contribution is 2.16. The second-order valence-electron chi connectivity index (χ2n) is 6.32. The van der Waals surface area contributed by atoms with Gasteiger partial charge in [-0.15, -0.1) is 13.2 Å². The highest BCUT2D eigenvalue weighted by Gasteiger charge is 2.24. The van der Waals surface area contributed by atoms with E-state index in [1.54, 1.807) is 0 Å². The van der Waals surface area contributed by atoms with Crippen LogP contribution in [0.1, 0.15) is 39.5 Å². The number of rotatable bonds is 9. The van der Waals surface area contributed by atoms with Crippen molar-refractivity contribution < 1.29 is 9.15 Å². The van der Waals surface area contributed by atoms with Crippen LogP contribution in [0, 0.1) is 11.8 Å². The number of unbranched alkanes of at least 4 members (excludes halogenated alkanes) is 1. The summed E-state index contributed by atoms with van der Waals surface area (Å²) in [5.41, 5.74) is 2.93. The van der Waals surface area contributed by atoms with E-state index in [-0.39, 0.29) is 0 Å². The first-order valence-electron chi connectivity index (χ1n) is 8.46. The van der Waals surface area contributed by atoms with Crippen LogP contribution < -0.4 is 0 Å². The molecule has 0 aromatic heterocycles. The van der Waals surface area contributed by atoms with Crippen LogP contribution in [0.25, 0.3) is 0 Å². The lowest BCUT2D eigenvalue weighted by Crippen LogP contribution is -2.18. The molecule has 0 radical (unpaired) electrons. The van der Waals surface area contributed by atoms with Crippen molar-refractivity contribution in [1.29, 1.82) is 0 Å². The van der Waals surface area contributed by atoms with E-state index in [9.17, 15) is 0 Å². The van der Waals surface area contributed by atoms with E-state index in [4.69, 9.17) is 0 Å². The molecular weight excluding hydrogens is 268 g/mol. The largest absolute Gasteiger partial charge is 0.206 e. The first-order chi connectivity index (χ1) is 10.7. The molecule has 2 rings (SSSR count). The Balaban J connectivity index is 1.77. The molecule has 118 valence electrons. The van der Waals surface area contributed by atoms with Gasteiger partial charge < -0.3 is 0 Å². The monoisotopic (exact) mass is 298 g/mol. The Labute approximate surface area is 135 Å². The van der Waals surface area contributed by atoms with Gasteiger partial charge in [0.05, 0.1) is 11.8 Å². The molecule has 0 aromatic carbocycles. The molecule has 0 fully saturated rings. The fraction of sp³-hybridized carbons (Fsp3) is 0.500. The summed E-state index contributed by atoms with van der Waals surface area (Å²) in [7, 11) is 0. The normalized spacial score (nSPS) is 23.7. The molecule has 2 heterocycles. The van der Waals surface area contributed by atoms with Crippen molar-refractivity contribution in [2.45, 2.75) is 39.5 Å². The second kappa shape index (κ2) is 8.07. The van der Waals surface area contributed by atoms with Crippen molar-refractivity contribution in [3.63, 3.8) is 0 Å². The standard InChI is InChI=1S/C20H30N2/c1-5-9-19-11-15-21(17(19)3)13-7-8-14-22-16-12-20(10-6-2)18(22)4/h5-6,11-12,15-16,19-20H,1-2,7-10,13-14H2,3-4H3/q+2. The van der Waals surface area contributed by atoms with Crippen LogP contribution in [0.5, 0.6) is 0 Å². The summed E-state index contributed by atoms with van der Waals surface area (Å²) >= 11 is 0. The van der Waals surface area contributed by atoms with Crippen molar-refractivity contribution in [2.24, 2.45) is 11.8 Å². The van der Waals surface area contributed by atoms with Gasteiger partial charge in [-0.25, -0.2) is 9.15 Å². The smallest absolute Gasteiger partial charge is 0.165 e. The average molecular weight is 298 g/mol. The van der Waals surface area contributed by atoms with Crippen molar-refractivity contribution in [3.05, 3.63) is 49.9 Å². The summed E-state index contributed by atoms with van der Waals surface area (Å²) in [6.45, 7) is 14.4. The Hall–Kier alpha value is -1.70. The van der Waals surface area contributed by atoms with E-state index in [2.05, 4.69) is 60.7 Å². The minimum absolute atomic E-state index is 0.564.